The zero-order chi connectivity index (χ0) is 13.4. The number of benzene rings is 1. The van der Waals surface area contributed by atoms with Crippen LogP contribution in [0.2, 0.25) is 0 Å². The normalized spacial score (nSPS) is 13.1. The lowest BCUT2D eigenvalue weighted by molar-refractivity contribution is 0.177. The number of nitrogen functional groups attached to an aromatic ring is 2. The zero-order valence-electron chi connectivity index (χ0n) is 12.0. The smallest absolute Gasteiger partial charge is 0.0370 e. The quantitative estimate of drug-likeness (QED) is 0.721. The monoisotopic (exact) mass is 234 g/mol. The summed E-state index contributed by atoms with van der Waals surface area (Å²) >= 11 is 0. The van der Waals surface area contributed by atoms with E-state index in [0.29, 0.717) is 5.92 Å². The summed E-state index contributed by atoms with van der Waals surface area (Å²) in [5.74, 6) is 0.399. The minimum atomic E-state index is 0.169. The van der Waals surface area contributed by atoms with Gasteiger partial charge in [0.1, 0.15) is 0 Å². The average molecular weight is 234 g/mol. The average Bonchev–Trinajstić information content (AvgIpc) is 2.04. The Morgan fingerprint density at radius 2 is 1.35 bits per heavy atom. The summed E-state index contributed by atoms with van der Waals surface area (Å²) in [4.78, 5) is 0. The molecule has 0 saturated carbocycles. The van der Waals surface area contributed by atoms with Crippen LogP contribution in [0.25, 0.3) is 0 Å². The Labute approximate surface area is 105 Å². The molecule has 1 aromatic carbocycles. The largest absolute Gasteiger partial charge is 0.399 e. The van der Waals surface area contributed by atoms with E-state index in [9.17, 15) is 0 Å². The molecular formula is C15H26N2. The molecule has 0 bridgehead atoms. The second-order valence-corrected chi connectivity index (χ2v) is 7.05. The van der Waals surface area contributed by atoms with Crippen molar-refractivity contribution in [1.82, 2.24) is 0 Å². The second-order valence-electron chi connectivity index (χ2n) is 7.05. The van der Waals surface area contributed by atoms with Gasteiger partial charge in [-0.3, -0.25) is 0 Å². The molecule has 0 saturated heterocycles. The van der Waals surface area contributed by atoms with Gasteiger partial charge in [0.05, 0.1) is 0 Å². The third-order valence-electron chi connectivity index (χ3n) is 3.15. The summed E-state index contributed by atoms with van der Waals surface area (Å²) in [7, 11) is 0. The Hall–Kier alpha value is -1.18. The summed E-state index contributed by atoms with van der Waals surface area (Å²) in [6, 6.07) is 5.88. The molecule has 0 atom stereocenters. The van der Waals surface area contributed by atoms with Gasteiger partial charge in [0.2, 0.25) is 0 Å². The fourth-order valence-corrected chi connectivity index (χ4v) is 3.09. The molecule has 2 heteroatoms. The molecule has 96 valence electrons. The first-order valence-corrected chi connectivity index (χ1v) is 6.18. The standard InChI is InChI=1S/C15H26N2/c1-14(2,3)13(15(4,5)6)11-8-7-10(16)9-12(11)17/h7-9,13H,16-17H2,1-6H3. The third-order valence-corrected chi connectivity index (χ3v) is 3.15. The summed E-state index contributed by atoms with van der Waals surface area (Å²) in [6.07, 6.45) is 0. The lowest BCUT2D eigenvalue weighted by atomic mass is 9.63. The van der Waals surface area contributed by atoms with E-state index in [4.69, 9.17) is 11.5 Å². The molecule has 0 fully saturated rings. The molecule has 4 N–H and O–H groups in total. The Bertz CT molecular complexity index is 380. The minimum Gasteiger partial charge on any atom is -0.399 e. The van der Waals surface area contributed by atoms with Gasteiger partial charge in [-0.05, 0) is 34.4 Å². The van der Waals surface area contributed by atoms with Crippen LogP contribution in [0.15, 0.2) is 18.2 Å². The highest BCUT2D eigenvalue weighted by molar-refractivity contribution is 5.58. The first-order chi connectivity index (χ1) is 7.53. The van der Waals surface area contributed by atoms with Crippen molar-refractivity contribution in [1.29, 1.82) is 0 Å². The van der Waals surface area contributed by atoms with Gasteiger partial charge in [-0.1, -0.05) is 47.6 Å². The highest BCUT2D eigenvalue weighted by Gasteiger charge is 2.36. The van der Waals surface area contributed by atoms with Crippen LogP contribution in [0.1, 0.15) is 53.0 Å². The van der Waals surface area contributed by atoms with E-state index in [1.54, 1.807) is 0 Å². The van der Waals surface area contributed by atoms with Crippen LogP contribution in [0.5, 0.6) is 0 Å². The summed E-state index contributed by atoms with van der Waals surface area (Å²) in [5, 5.41) is 0. The van der Waals surface area contributed by atoms with Crippen LogP contribution in [0, 0.1) is 10.8 Å². The van der Waals surface area contributed by atoms with Crippen molar-refractivity contribution in [3.63, 3.8) is 0 Å². The molecule has 0 radical (unpaired) electrons. The first kappa shape index (κ1) is 13.9. The van der Waals surface area contributed by atoms with Crippen LogP contribution < -0.4 is 11.5 Å². The predicted molar refractivity (Wildman–Crippen MR) is 76.9 cm³/mol. The van der Waals surface area contributed by atoms with Gasteiger partial charge in [0, 0.05) is 11.4 Å². The van der Waals surface area contributed by atoms with E-state index in [-0.39, 0.29) is 10.8 Å². The van der Waals surface area contributed by atoms with Gasteiger partial charge in [-0.15, -0.1) is 0 Å². The summed E-state index contributed by atoms with van der Waals surface area (Å²) in [5.41, 5.74) is 15.0. The van der Waals surface area contributed by atoms with Crippen LogP contribution in [0.3, 0.4) is 0 Å². The summed E-state index contributed by atoms with van der Waals surface area (Å²) in [6.45, 7) is 13.6. The van der Waals surface area contributed by atoms with E-state index in [1.165, 1.54) is 5.56 Å². The molecule has 17 heavy (non-hydrogen) atoms. The van der Waals surface area contributed by atoms with Crippen LogP contribution in [-0.4, -0.2) is 0 Å². The van der Waals surface area contributed by atoms with Crippen molar-refractivity contribution < 1.29 is 0 Å². The maximum absolute atomic E-state index is 6.14. The van der Waals surface area contributed by atoms with Crippen molar-refractivity contribution >= 4 is 11.4 Å². The molecule has 0 aliphatic carbocycles. The first-order valence-electron chi connectivity index (χ1n) is 6.18. The number of hydrogen-bond acceptors (Lipinski definition) is 2. The molecule has 1 rings (SSSR count). The molecule has 0 amide bonds. The zero-order valence-corrected chi connectivity index (χ0v) is 12.0. The van der Waals surface area contributed by atoms with Crippen molar-refractivity contribution in [2.75, 3.05) is 11.5 Å². The third kappa shape index (κ3) is 3.15. The van der Waals surface area contributed by atoms with Gasteiger partial charge in [0.15, 0.2) is 0 Å². The van der Waals surface area contributed by atoms with E-state index >= 15 is 0 Å². The number of rotatable bonds is 1. The van der Waals surface area contributed by atoms with Crippen molar-refractivity contribution in [2.45, 2.75) is 47.5 Å². The van der Waals surface area contributed by atoms with E-state index < -0.39 is 0 Å². The molecular weight excluding hydrogens is 208 g/mol. The highest BCUT2D eigenvalue weighted by Crippen LogP contribution is 2.49. The molecule has 0 spiro atoms. The second kappa shape index (κ2) is 4.25. The maximum Gasteiger partial charge on any atom is 0.0370 e. The highest BCUT2D eigenvalue weighted by atomic mass is 14.6. The minimum absolute atomic E-state index is 0.169. The van der Waals surface area contributed by atoms with Crippen molar-refractivity contribution in [2.24, 2.45) is 10.8 Å². The number of nitrogens with two attached hydrogens (primary N) is 2. The van der Waals surface area contributed by atoms with E-state index in [1.807, 2.05) is 12.1 Å². The molecule has 0 unspecified atom stereocenters. The molecule has 0 aromatic heterocycles. The fraction of sp³-hybridized carbons (Fsp3) is 0.600. The molecule has 0 aliphatic heterocycles. The lowest BCUT2D eigenvalue weighted by Gasteiger charge is -2.41. The Kier molecular flexibility index (Phi) is 3.47. The van der Waals surface area contributed by atoms with Gasteiger partial charge >= 0.3 is 0 Å². The van der Waals surface area contributed by atoms with Gasteiger partial charge in [-0.25, -0.2) is 0 Å². The van der Waals surface area contributed by atoms with Gasteiger partial charge in [-0.2, -0.15) is 0 Å². The lowest BCUT2D eigenvalue weighted by Crippen LogP contribution is -2.31. The van der Waals surface area contributed by atoms with Crippen LogP contribution >= 0.6 is 0 Å². The van der Waals surface area contributed by atoms with E-state index in [0.717, 1.165) is 11.4 Å². The Morgan fingerprint density at radius 3 is 1.71 bits per heavy atom. The topological polar surface area (TPSA) is 52.0 Å². The number of hydrogen-bond donors (Lipinski definition) is 2. The van der Waals surface area contributed by atoms with Crippen molar-refractivity contribution in [3.8, 4) is 0 Å². The molecule has 0 heterocycles. The fourth-order valence-electron chi connectivity index (χ4n) is 3.09. The van der Waals surface area contributed by atoms with Crippen LogP contribution in [-0.2, 0) is 0 Å². The Morgan fingerprint density at radius 1 is 0.882 bits per heavy atom. The molecule has 1 aromatic rings. The summed E-state index contributed by atoms with van der Waals surface area (Å²) < 4.78 is 0. The SMILES string of the molecule is CC(C)(C)C(c1ccc(N)cc1N)C(C)(C)C. The van der Waals surface area contributed by atoms with Crippen LogP contribution in [0.4, 0.5) is 11.4 Å². The van der Waals surface area contributed by atoms with Crippen molar-refractivity contribution in [3.05, 3.63) is 23.8 Å². The van der Waals surface area contributed by atoms with Gasteiger partial charge < -0.3 is 11.5 Å². The van der Waals surface area contributed by atoms with Gasteiger partial charge in [0.25, 0.3) is 0 Å². The predicted octanol–water partition coefficient (Wildman–Crippen LogP) is 4.03. The molecule has 2 nitrogen and oxygen atoms in total. The number of anilines is 2. The van der Waals surface area contributed by atoms with E-state index in [2.05, 4.69) is 47.6 Å². The Balaban J connectivity index is 3.34. The molecule has 0 aliphatic rings. The maximum atomic E-state index is 6.14.